The highest BCUT2D eigenvalue weighted by molar-refractivity contribution is 7.90. The zero-order chi connectivity index (χ0) is 25.8. The summed E-state index contributed by atoms with van der Waals surface area (Å²) in [5.74, 6) is -0.482. The summed E-state index contributed by atoms with van der Waals surface area (Å²) in [7, 11) is -3.91. The molecule has 2 aromatic carbocycles. The number of hydrogen-bond acceptors (Lipinski definition) is 7. The molecule has 0 saturated carbocycles. The second-order valence-corrected chi connectivity index (χ2v) is 11.4. The average molecular weight is 520 g/mol. The van der Waals surface area contributed by atoms with E-state index in [1.165, 1.54) is 6.07 Å². The van der Waals surface area contributed by atoms with E-state index in [1.54, 1.807) is 32.0 Å². The first-order valence-electron chi connectivity index (χ1n) is 12.2. The van der Waals surface area contributed by atoms with Gasteiger partial charge in [0.05, 0.1) is 19.3 Å². The number of morpholine rings is 1. The van der Waals surface area contributed by atoms with E-state index in [1.807, 2.05) is 24.3 Å². The zero-order valence-electron chi connectivity index (χ0n) is 20.7. The van der Waals surface area contributed by atoms with Crippen LogP contribution in [0, 0.1) is 5.82 Å². The van der Waals surface area contributed by atoms with Crippen molar-refractivity contribution in [3.63, 3.8) is 0 Å². The maximum Gasteiger partial charge on any atom is 0.299 e. The smallest absolute Gasteiger partial charge is 0.299 e. The number of rotatable bonds is 8. The van der Waals surface area contributed by atoms with E-state index in [4.69, 9.17) is 9.47 Å². The van der Waals surface area contributed by atoms with Crippen molar-refractivity contribution in [3.8, 4) is 0 Å². The maximum atomic E-state index is 14.4. The molecule has 10 heteroatoms. The van der Waals surface area contributed by atoms with Crippen molar-refractivity contribution in [1.82, 2.24) is 9.62 Å². The van der Waals surface area contributed by atoms with E-state index in [0.29, 0.717) is 5.56 Å². The number of benzene rings is 2. The van der Waals surface area contributed by atoms with Crippen LogP contribution in [0.5, 0.6) is 0 Å². The fraction of sp³-hybridized carbons (Fsp3) is 0.500. The Hall–Kier alpha value is -2.53. The second kappa shape index (κ2) is 11.2. The van der Waals surface area contributed by atoms with Gasteiger partial charge < -0.3 is 14.6 Å². The monoisotopic (exact) mass is 519 g/mol. The molecule has 2 saturated heterocycles. The standard InChI is InChI=1S/C26H34FN3O5S/c1-26(2)24(20-9-7-19(8-10-20)11-13-30-14-17-34-18-15-30)36(32,33)29-25(35-26)28-23(12-16-31)21-5-3-4-6-22(21)27/h3-10,23-24,31H,11-18H2,1-2H3,(H,28,29). The lowest BCUT2D eigenvalue weighted by Gasteiger charge is -2.39. The molecule has 4 rings (SSSR count). The highest BCUT2D eigenvalue weighted by Gasteiger charge is 2.48. The molecular weight excluding hydrogens is 485 g/mol. The number of amidine groups is 1. The molecule has 2 aliphatic rings. The molecule has 2 fully saturated rings. The van der Waals surface area contributed by atoms with Crippen LogP contribution < -0.4 is 4.72 Å². The Morgan fingerprint density at radius 1 is 1.17 bits per heavy atom. The van der Waals surface area contributed by atoms with Crippen LogP contribution in [0.15, 0.2) is 53.5 Å². The quantitative estimate of drug-likeness (QED) is 0.556. The third kappa shape index (κ3) is 6.23. The summed E-state index contributed by atoms with van der Waals surface area (Å²) in [6.45, 7) is 7.44. The number of ether oxygens (including phenoxy) is 2. The Balaban J connectivity index is 1.51. The third-order valence-corrected chi connectivity index (χ3v) is 8.49. The number of aliphatic imine (C=N–C) groups is 1. The normalized spacial score (nSPS) is 23.6. The van der Waals surface area contributed by atoms with Crippen molar-refractivity contribution in [1.29, 1.82) is 0 Å². The van der Waals surface area contributed by atoms with Crippen LogP contribution >= 0.6 is 0 Å². The van der Waals surface area contributed by atoms with Crippen molar-refractivity contribution in [2.24, 2.45) is 4.99 Å². The number of aliphatic hydroxyl groups is 1. The van der Waals surface area contributed by atoms with Gasteiger partial charge in [-0.05, 0) is 43.9 Å². The Kier molecular flexibility index (Phi) is 8.29. The molecule has 0 radical (unpaired) electrons. The van der Waals surface area contributed by atoms with E-state index in [2.05, 4.69) is 14.6 Å². The maximum absolute atomic E-state index is 14.4. The molecule has 2 aromatic rings. The van der Waals surface area contributed by atoms with Crippen LogP contribution in [0.3, 0.4) is 0 Å². The first-order valence-corrected chi connectivity index (χ1v) is 13.8. The molecule has 36 heavy (non-hydrogen) atoms. The van der Waals surface area contributed by atoms with Crippen molar-refractivity contribution in [2.45, 2.75) is 43.6 Å². The zero-order valence-corrected chi connectivity index (χ0v) is 21.5. The van der Waals surface area contributed by atoms with Crippen LogP contribution in [0.2, 0.25) is 0 Å². The fourth-order valence-electron chi connectivity index (χ4n) is 4.78. The fourth-order valence-corrected chi connectivity index (χ4v) is 6.55. The lowest BCUT2D eigenvalue weighted by Crippen LogP contribution is -2.53. The molecule has 0 spiro atoms. The molecule has 2 N–H and O–H groups in total. The first-order chi connectivity index (χ1) is 17.2. The molecule has 196 valence electrons. The van der Waals surface area contributed by atoms with Gasteiger partial charge in [0, 0.05) is 31.8 Å². The van der Waals surface area contributed by atoms with Crippen molar-refractivity contribution in [2.75, 3.05) is 39.5 Å². The number of halogens is 1. The molecule has 2 aliphatic heterocycles. The predicted octanol–water partition coefficient (Wildman–Crippen LogP) is 2.95. The molecule has 2 heterocycles. The number of aliphatic hydroxyl groups excluding tert-OH is 1. The minimum atomic E-state index is -3.91. The van der Waals surface area contributed by atoms with Crippen LogP contribution in [-0.2, 0) is 25.9 Å². The minimum Gasteiger partial charge on any atom is -0.457 e. The van der Waals surface area contributed by atoms with Gasteiger partial charge >= 0.3 is 0 Å². The van der Waals surface area contributed by atoms with Gasteiger partial charge in [-0.2, -0.15) is 0 Å². The van der Waals surface area contributed by atoms with Gasteiger partial charge in [0.2, 0.25) is 10.0 Å². The van der Waals surface area contributed by atoms with Crippen LogP contribution in [0.4, 0.5) is 4.39 Å². The lowest BCUT2D eigenvalue weighted by molar-refractivity contribution is 0.0384. The molecule has 0 bridgehead atoms. The van der Waals surface area contributed by atoms with E-state index in [0.717, 1.165) is 44.8 Å². The van der Waals surface area contributed by atoms with Crippen LogP contribution in [0.25, 0.3) is 0 Å². The SMILES string of the molecule is CC1(C)OC(=NC(CCO)c2ccccc2F)NS(=O)(=O)C1c1ccc(CCN2CCOCC2)cc1. The summed E-state index contributed by atoms with van der Waals surface area (Å²) < 4.78 is 54.9. The molecule has 8 nitrogen and oxygen atoms in total. The van der Waals surface area contributed by atoms with Gasteiger partial charge in [-0.1, -0.05) is 42.5 Å². The van der Waals surface area contributed by atoms with Gasteiger partial charge in [0.15, 0.2) is 0 Å². The van der Waals surface area contributed by atoms with Crippen molar-refractivity contribution in [3.05, 3.63) is 71.0 Å². The van der Waals surface area contributed by atoms with E-state index < -0.39 is 32.7 Å². The summed E-state index contributed by atoms with van der Waals surface area (Å²) in [4.78, 5) is 6.71. The summed E-state index contributed by atoms with van der Waals surface area (Å²) in [6.07, 6.45) is 0.986. The first kappa shape index (κ1) is 26.5. The van der Waals surface area contributed by atoms with Gasteiger partial charge in [-0.15, -0.1) is 0 Å². The Labute approximate surface area is 212 Å². The predicted molar refractivity (Wildman–Crippen MR) is 136 cm³/mol. The molecular formula is C26H34FN3O5S. The third-order valence-electron chi connectivity index (χ3n) is 6.57. The van der Waals surface area contributed by atoms with Gasteiger partial charge in [-0.3, -0.25) is 4.90 Å². The highest BCUT2D eigenvalue weighted by Crippen LogP contribution is 2.39. The van der Waals surface area contributed by atoms with Gasteiger partial charge in [0.1, 0.15) is 16.7 Å². The second-order valence-electron chi connectivity index (χ2n) is 9.66. The average Bonchev–Trinajstić information content (AvgIpc) is 2.83. The largest absolute Gasteiger partial charge is 0.457 e. The molecule has 0 aliphatic carbocycles. The molecule has 0 amide bonds. The van der Waals surface area contributed by atoms with Crippen molar-refractivity contribution >= 4 is 16.0 Å². The Morgan fingerprint density at radius 3 is 2.50 bits per heavy atom. The number of nitrogens with one attached hydrogen (secondary N) is 1. The number of sulfonamides is 1. The summed E-state index contributed by atoms with van der Waals surface area (Å²) in [6, 6.07) is 12.7. The van der Waals surface area contributed by atoms with E-state index >= 15 is 0 Å². The Bertz CT molecular complexity index is 1160. The molecule has 2 atom stereocenters. The Morgan fingerprint density at radius 2 is 1.86 bits per heavy atom. The summed E-state index contributed by atoms with van der Waals surface area (Å²) >= 11 is 0. The minimum absolute atomic E-state index is 0.116. The van der Waals surface area contributed by atoms with Crippen molar-refractivity contribution < 1.29 is 27.4 Å². The summed E-state index contributed by atoms with van der Waals surface area (Å²) in [5.41, 5.74) is 0.860. The van der Waals surface area contributed by atoms with Crippen LogP contribution in [-0.4, -0.2) is 69.5 Å². The summed E-state index contributed by atoms with van der Waals surface area (Å²) in [5, 5.41) is 8.50. The van der Waals surface area contributed by atoms with Gasteiger partial charge in [-0.25, -0.2) is 22.5 Å². The number of hydrogen-bond donors (Lipinski definition) is 2. The number of nitrogens with zero attached hydrogens (tertiary/aromatic N) is 2. The van der Waals surface area contributed by atoms with Crippen LogP contribution in [0.1, 0.15) is 48.3 Å². The lowest BCUT2D eigenvalue weighted by atomic mass is 9.96. The van der Waals surface area contributed by atoms with E-state index in [-0.39, 0.29) is 24.6 Å². The molecule has 0 aromatic heterocycles. The van der Waals surface area contributed by atoms with Gasteiger partial charge in [0.25, 0.3) is 6.02 Å². The van der Waals surface area contributed by atoms with E-state index in [9.17, 15) is 17.9 Å². The highest BCUT2D eigenvalue weighted by atomic mass is 32.2. The topological polar surface area (TPSA) is 100 Å². The molecule has 2 unspecified atom stereocenters.